The number of rotatable bonds is 8. The average molecular weight is 322 g/mol. The molecular formula is C14H28BrNO2. The molecule has 0 aromatic carbocycles. The van der Waals surface area contributed by atoms with Crippen LogP contribution in [0.2, 0.25) is 0 Å². The van der Waals surface area contributed by atoms with E-state index in [2.05, 4.69) is 34.7 Å². The van der Waals surface area contributed by atoms with Crippen molar-refractivity contribution in [2.75, 3.05) is 38.2 Å². The summed E-state index contributed by atoms with van der Waals surface area (Å²) in [7, 11) is 0. The van der Waals surface area contributed by atoms with E-state index in [4.69, 9.17) is 9.84 Å². The lowest BCUT2D eigenvalue weighted by Crippen LogP contribution is -2.44. The van der Waals surface area contributed by atoms with E-state index in [1.807, 2.05) is 0 Å². The first-order chi connectivity index (χ1) is 8.69. The molecule has 1 fully saturated rings. The minimum atomic E-state index is 0.137. The molecule has 4 heteroatoms. The number of nitrogens with zero attached hydrogens (tertiary/aromatic N) is 1. The Morgan fingerprint density at radius 3 is 2.33 bits per heavy atom. The van der Waals surface area contributed by atoms with Gasteiger partial charge in [0.2, 0.25) is 0 Å². The highest BCUT2D eigenvalue weighted by Crippen LogP contribution is 2.31. The molecule has 0 unspecified atom stereocenters. The molecule has 0 amide bonds. The normalized spacial score (nSPS) is 19.3. The second-order valence-electron chi connectivity index (χ2n) is 5.41. The third-order valence-corrected chi connectivity index (χ3v) is 5.51. The molecule has 3 nitrogen and oxygen atoms in total. The molecule has 1 N–H and O–H groups in total. The fourth-order valence-electron chi connectivity index (χ4n) is 2.63. The Morgan fingerprint density at radius 1 is 1.28 bits per heavy atom. The molecule has 0 spiro atoms. The molecule has 0 bridgehead atoms. The Morgan fingerprint density at radius 2 is 1.89 bits per heavy atom. The topological polar surface area (TPSA) is 32.7 Å². The highest BCUT2D eigenvalue weighted by Gasteiger charge is 2.29. The zero-order valence-corrected chi connectivity index (χ0v) is 13.4. The molecule has 1 heterocycles. The summed E-state index contributed by atoms with van der Waals surface area (Å²) < 4.78 is 5.60. The number of aliphatic hydroxyl groups excluding tert-OH is 1. The second-order valence-corrected chi connectivity index (χ2v) is 5.97. The van der Waals surface area contributed by atoms with Gasteiger partial charge in [0.25, 0.3) is 0 Å². The lowest BCUT2D eigenvalue weighted by molar-refractivity contribution is -0.0140. The van der Waals surface area contributed by atoms with E-state index in [9.17, 15) is 0 Å². The van der Waals surface area contributed by atoms with Crippen LogP contribution in [0.5, 0.6) is 0 Å². The molecule has 108 valence electrons. The second kappa shape index (κ2) is 8.51. The summed E-state index contributed by atoms with van der Waals surface area (Å²) in [6.07, 6.45) is 5.03. The molecule has 0 radical (unpaired) electrons. The number of alkyl halides is 1. The van der Waals surface area contributed by atoms with Crippen molar-refractivity contribution in [3.05, 3.63) is 0 Å². The number of aliphatic hydroxyl groups is 1. The fraction of sp³-hybridized carbons (Fsp3) is 1.00. The fourth-order valence-corrected chi connectivity index (χ4v) is 3.60. The van der Waals surface area contributed by atoms with Gasteiger partial charge in [-0.3, -0.25) is 0 Å². The summed E-state index contributed by atoms with van der Waals surface area (Å²) in [5.74, 6) is 0. The van der Waals surface area contributed by atoms with E-state index in [-0.39, 0.29) is 6.61 Å². The summed E-state index contributed by atoms with van der Waals surface area (Å²) in [6, 6.07) is 0. The predicted molar refractivity (Wildman–Crippen MR) is 79.3 cm³/mol. The Labute approximate surface area is 120 Å². The maximum atomic E-state index is 8.76. The van der Waals surface area contributed by atoms with Crippen molar-refractivity contribution in [1.29, 1.82) is 0 Å². The molecular weight excluding hydrogens is 294 g/mol. The number of piperidine rings is 1. The number of halogens is 1. The van der Waals surface area contributed by atoms with Crippen LogP contribution in [0.25, 0.3) is 0 Å². The van der Waals surface area contributed by atoms with Gasteiger partial charge in [0.1, 0.15) is 0 Å². The van der Waals surface area contributed by atoms with Gasteiger partial charge < -0.3 is 14.7 Å². The first kappa shape index (κ1) is 16.4. The van der Waals surface area contributed by atoms with Gasteiger partial charge >= 0.3 is 0 Å². The summed E-state index contributed by atoms with van der Waals surface area (Å²) in [6.45, 7) is 8.66. The third-order valence-electron chi connectivity index (χ3n) is 4.32. The molecule has 0 aromatic heterocycles. The van der Waals surface area contributed by atoms with Crippen molar-refractivity contribution in [3.63, 3.8) is 0 Å². The van der Waals surface area contributed by atoms with E-state index in [0.29, 0.717) is 18.1 Å². The van der Waals surface area contributed by atoms with Gasteiger partial charge in [0, 0.05) is 25.0 Å². The van der Waals surface area contributed by atoms with Crippen molar-refractivity contribution in [1.82, 2.24) is 4.90 Å². The SMILES string of the molecule is CCC(CC)(CBr)CN1CCC(OCCO)CC1. The molecule has 0 aliphatic carbocycles. The van der Waals surface area contributed by atoms with Crippen molar-refractivity contribution >= 4 is 15.9 Å². The number of ether oxygens (including phenoxy) is 1. The van der Waals surface area contributed by atoms with Crippen LogP contribution in [-0.2, 0) is 4.74 Å². The molecule has 18 heavy (non-hydrogen) atoms. The molecule has 0 aromatic rings. The zero-order valence-electron chi connectivity index (χ0n) is 11.8. The van der Waals surface area contributed by atoms with Crippen LogP contribution in [0.4, 0.5) is 0 Å². The van der Waals surface area contributed by atoms with Crippen LogP contribution in [0.1, 0.15) is 39.5 Å². The van der Waals surface area contributed by atoms with Crippen LogP contribution in [0, 0.1) is 5.41 Å². The highest BCUT2D eigenvalue weighted by molar-refractivity contribution is 9.09. The number of likely N-dealkylation sites (tertiary alicyclic amines) is 1. The predicted octanol–water partition coefficient (Wildman–Crippen LogP) is 2.66. The minimum Gasteiger partial charge on any atom is -0.394 e. The van der Waals surface area contributed by atoms with Crippen molar-refractivity contribution < 1.29 is 9.84 Å². The van der Waals surface area contributed by atoms with Crippen LogP contribution < -0.4 is 0 Å². The summed E-state index contributed by atoms with van der Waals surface area (Å²) in [4.78, 5) is 2.58. The quantitative estimate of drug-likeness (QED) is 0.698. The van der Waals surface area contributed by atoms with Crippen molar-refractivity contribution in [2.24, 2.45) is 5.41 Å². The summed E-state index contributed by atoms with van der Waals surface area (Å²) >= 11 is 3.69. The molecule has 1 saturated heterocycles. The maximum absolute atomic E-state index is 8.76. The van der Waals surface area contributed by atoms with Gasteiger partial charge in [-0.1, -0.05) is 29.8 Å². The Balaban J connectivity index is 2.34. The van der Waals surface area contributed by atoms with Crippen LogP contribution in [0.3, 0.4) is 0 Å². The summed E-state index contributed by atoms with van der Waals surface area (Å²) in [5, 5.41) is 9.85. The van der Waals surface area contributed by atoms with Gasteiger partial charge in [-0.25, -0.2) is 0 Å². The van der Waals surface area contributed by atoms with Crippen LogP contribution >= 0.6 is 15.9 Å². The third kappa shape index (κ3) is 4.80. The van der Waals surface area contributed by atoms with Gasteiger partial charge in [-0.2, -0.15) is 0 Å². The molecule has 0 atom stereocenters. The van der Waals surface area contributed by atoms with Gasteiger partial charge in [-0.05, 0) is 31.1 Å². The molecule has 1 rings (SSSR count). The Kier molecular flexibility index (Phi) is 7.76. The number of hydrogen-bond donors (Lipinski definition) is 1. The van der Waals surface area contributed by atoms with Gasteiger partial charge in [-0.15, -0.1) is 0 Å². The van der Waals surface area contributed by atoms with Gasteiger partial charge in [0.05, 0.1) is 19.3 Å². The first-order valence-corrected chi connectivity index (χ1v) is 8.32. The maximum Gasteiger partial charge on any atom is 0.0701 e. The lowest BCUT2D eigenvalue weighted by atomic mass is 9.83. The Bertz CT molecular complexity index is 206. The van der Waals surface area contributed by atoms with E-state index >= 15 is 0 Å². The highest BCUT2D eigenvalue weighted by atomic mass is 79.9. The zero-order chi connectivity index (χ0) is 13.4. The smallest absolute Gasteiger partial charge is 0.0701 e. The monoisotopic (exact) mass is 321 g/mol. The first-order valence-electron chi connectivity index (χ1n) is 7.20. The lowest BCUT2D eigenvalue weighted by Gasteiger charge is -2.39. The van der Waals surface area contributed by atoms with Crippen LogP contribution in [0.15, 0.2) is 0 Å². The van der Waals surface area contributed by atoms with Gasteiger partial charge in [0.15, 0.2) is 0 Å². The van der Waals surface area contributed by atoms with E-state index in [0.717, 1.165) is 31.3 Å². The largest absolute Gasteiger partial charge is 0.394 e. The van der Waals surface area contributed by atoms with E-state index in [1.54, 1.807) is 0 Å². The minimum absolute atomic E-state index is 0.137. The Hall–Kier alpha value is 0.360. The standard InChI is InChI=1S/C14H28BrNO2/c1-3-14(4-2,11-15)12-16-7-5-13(6-8-16)18-10-9-17/h13,17H,3-12H2,1-2H3. The average Bonchev–Trinajstić information content (AvgIpc) is 2.44. The summed E-state index contributed by atoms with van der Waals surface area (Å²) in [5.41, 5.74) is 0.429. The van der Waals surface area contributed by atoms with Crippen molar-refractivity contribution in [2.45, 2.75) is 45.6 Å². The van der Waals surface area contributed by atoms with E-state index < -0.39 is 0 Å². The number of hydrogen-bond acceptors (Lipinski definition) is 3. The van der Waals surface area contributed by atoms with Crippen LogP contribution in [-0.4, -0.2) is 54.3 Å². The van der Waals surface area contributed by atoms with Crippen molar-refractivity contribution in [3.8, 4) is 0 Å². The molecule has 1 aliphatic rings. The molecule has 1 aliphatic heterocycles. The van der Waals surface area contributed by atoms with E-state index in [1.165, 1.54) is 19.4 Å². The molecule has 0 saturated carbocycles.